The van der Waals surface area contributed by atoms with Gasteiger partial charge in [-0.25, -0.2) is 15.4 Å². The van der Waals surface area contributed by atoms with E-state index in [2.05, 4.69) is 34.5 Å². The molecule has 1 N–H and O–H groups in total. The predicted octanol–water partition coefficient (Wildman–Crippen LogP) is 3.67. The molecular weight excluding hydrogens is 274 g/mol. The molecule has 0 aromatic carbocycles. The van der Waals surface area contributed by atoms with Gasteiger partial charge < -0.3 is 0 Å². The van der Waals surface area contributed by atoms with Crippen LogP contribution in [0.2, 0.25) is 0 Å². The Labute approximate surface area is 122 Å². The van der Waals surface area contributed by atoms with Crippen molar-refractivity contribution in [1.82, 2.24) is 15.4 Å². The average Bonchev–Trinajstić information content (AvgIpc) is 3.06. The lowest BCUT2D eigenvalue weighted by atomic mass is 10.2. The Morgan fingerprint density at radius 2 is 2.00 bits per heavy atom. The van der Waals surface area contributed by atoms with Gasteiger partial charge >= 0.3 is 0 Å². The fourth-order valence-corrected chi connectivity index (χ4v) is 4.10. The van der Waals surface area contributed by atoms with Crippen LogP contribution in [0, 0.1) is 6.92 Å². The summed E-state index contributed by atoms with van der Waals surface area (Å²) >= 11 is 3.64. The third kappa shape index (κ3) is 3.42. The Hall–Kier alpha value is -0.750. The van der Waals surface area contributed by atoms with Gasteiger partial charge in [0.1, 0.15) is 5.01 Å². The maximum absolute atomic E-state index is 4.52. The quantitative estimate of drug-likeness (QED) is 0.932. The highest BCUT2D eigenvalue weighted by Gasteiger charge is 2.11. The van der Waals surface area contributed by atoms with Crippen LogP contribution in [0.3, 0.4) is 0 Å². The molecule has 0 unspecified atom stereocenters. The summed E-state index contributed by atoms with van der Waals surface area (Å²) in [5.74, 6) is 0. The van der Waals surface area contributed by atoms with E-state index in [0.717, 1.165) is 6.54 Å². The van der Waals surface area contributed by atoms with Gasteiger partial charge in [0, 0.05) is 29.0 Å². The summed E-state index contributed by atoms with van der Waals surface area (Å²) in [6, 6.07) is 4.36. The molecule has 1 aliphatic rings. The summed E-state index contributed by atoms with van der Waals surface area (Å²) in [6.07, 6.45) is 6.00. The fourth-order valence-electron chi connectivity index (χ4n) is 2.30. The number of hydrogen-bond acceptors (Lipinski definition) is 5. The zero-order valence-corrected chi connectivity index (χ0v) is 12.8. The number of thiazole rings is 1. The van der Waals surface area contributed by atoms with E-state index in [9.17, 15) is 0 Å². The number of nitrogens with one attached hydrogen (secondary N) is 1. The number of aryl methyl sites for hydroxylation is 1. The minimum absolute atomic E-state index is 0.856. The van der Waals surface area contributed by atoms with Crippen LogP contribution < -0.4 is 5.43 Å². The molecule has 2 aromatic heterocycles. The molecule has 0 amide bonds. The smallest absolute Gasteiger partial charge is 0.108 e. The molecule has 1 aliphatic heterocycles. The third-order valence-corrected chi connectivity index (χ3v) is 5.54. The molecule has 3 nitrogen and oxygen atoms in total. The number of hydrogen-bond donors (Lipinski definition) is 1. The molecule has 19 heavy (non-hydrogen) atoms. The van der Waals surface area contributed by atoms with Gasteiger partial charge in [-0.1, -0.05) is 6.42 Å². The van der Waals surface area contributed by atoms with Crippen LogP contribution in [-0.2, 0) is 6.54 Å². The minimum Gasteiger partial charge on any atom is -0.248 e. The van der Waals surface area contributed by atoms with Gasteiger partial charge in [0.15, 0.2) is 0 Å². The third-order valence-electron chi connectivity index (χ3n) is 3.35. The van der Waals surface area contributed by atoms with E-state index < -0.39 is 0 Å². The molecule has 0 spiro atoms. The van der Waals surface area contributed by atoms with Crippen molar-refractivity contribution in [3.8, 4) is 9.75 Å². The molecule has 0 saturated carbocycles. The zero-order chi connectivity index (χ0) is 13.1. The molecule has 3 rings (SSSR count). The van der Waals surface area contributed by atoms with Crippen molar-refractivity contribution in [3.63, 3.8) is 0 Å². The zero-order valence-electron chi connectivity index (χ0n) is 11.2. The van der Waals surface area contributed by atoms with Gasteiger partial charge in [-0.15, -0.1) is 22.7 Å². The van der Waals surface area contributed by atoms with Gasteiger partial charge in [-0.3, -0.25) is 0 Å². The van der Waals surface area contributed by atoms with E-state index in [1.165, 1.54) is 52.0 Å². The van der Waals surface area contributed by atoms with E-state index in [-0.39, 0.29) is 0 Å². The summed E-state index contributed by atoms with van der Waals surface area (Å²) in [7, 11) is 0. The Bertz CT molecular complexity index is 526. The van der Waals surface area contributed by atoms with E-state index >= 15 is 0 Å². The Balaban J connectivity index is 1.58. The van der Waals surface area contributed by atoms with Crippen LogP contribution in [-0.4, -0.2) is 23.1 Å². The molecule has 0 atom stereocenters. The number of rotatable bonds is 4. The largest absolute Gasteiger partial charge is 0.248 e. The SMILES string of the molecule is Cc1ccc(-c2cnc(CNN3CCCCC3)s2)s1. The number of nitrogens with zero attached hydrogens (tertiary/aromatic N) is 2. The molecular formula is C14H19N3S2. The van der Waals surface area contributed by atoms with Gasteiger partial charge in [-0.05, 0) is 31.9 Å². The predicted molar refractivity (Wildman–Crippen MR) is 82.4 cm³/mol. The first kappa shape index (κ1) is 13.2. The van der Waals surface area contributed by atoms with Crippen LogP contribution >= 0.6 is 22.7 Å². The molecule has 2 aromatic rings. The van der Waals surface area contributed by atoms with E-state index in [1.807, 2.05) is 17.5 Å². The Morgan fingerprint density at radius 1 is 1.16 bits per heavy atom. The summed E-state index contributed by atoms with van der Waals surface area (Å²) in [4.78, 5) is 8.50. The van der Waals surface area contributed by atoms with E-state index in [1.54, 1.807) is 11.3 Å². The van der Waals surface area contributed by atoms with Crippen LogP contribution in [0.5, 0.6) is 0 Å². The summed E-state index contributed by atoms with van der Waals surface area (Å²) in [6.45, 7) is 5.34. The molecule has 0 radical (unpaired) electrons. The second kappa shape index (κ2) is 6.13. The van der Waals surface area contributed by atoms with Gasteiger partial charge in [0.2, 0.25) is 0 Å². The van der Waals surface area contributed by atoms with Gasteiger partial charge in [0.05, 0.1) is 11.4 Å². The normalized spacial score (nSPS) is 16.9. The van der Waals surface area contributed by atoms with E-state index in [0.29, 0.717) is 0 Å². The highest BCUT2D eigenvalue weighted by Crippen LogP contribution is 2.31. The monoisotopic (exact) mass is 293 g/mol. The lowest BCUT2D eigenvalue weighted by molar-refractivity contribution is 0.151. The van der Waals surface area contributed by atoms with Crippen molar-refractivity contribution in [2.24, 2.45) is 0 Å². The maximum Gasteiger partial charge on any atom is 0.108 e. The number of hydrazine groups is 1. The van der Waals surface area contributed by atoms with Crippen LogP contribution in [0.1, 0.15) is 29.1 Å². The molecule has 1 saturated heterocycles. The Morgan fingerprint density at radius 3 is 2.74 bits per heavy atom. The van der Waals surface area contributed by atoms with Gasteiger partial charge in [-0.2, -0.15) is 0 Å². The van der Waals surface area contributed by atoms with E-state index in [4.69, 9.17) is 0 Å². The number of piperidine rings is 1. The first-order chi connectivity index (χ1) is 9.31. The molecule has 1 fully saturated rings. The summed E-state index contributed by atoms with van der Waals surface area (Å²) < 4.78 is 0. The standard InChI is InChI=1S/C14H19N3S2/c1-11-5-6-12(18-11)13-9-15-14(19-13)10-16-17-7-3-2-4-8-17/h5-6,9,16H,2-4,7-8,10H2,1H3. The maximum atomic E-state index is 4.52. The topological polar surface area (TPSA) is 28.2 Å². The second-order valence-electron chi connectivity index (χ2n) is 4.91. The first-order valence-electron chi connectivity index (χ1n) is 6.81. The Kier molecular flexibility index (Phi) is 4.28. The molecule has 5 heteroatoms. The van der Waals surface area contributed by atoms with Crippen molar-refractivity contribution in [2.75, 3.05) is 13.1 Å². The average molecular weight is 293 g/mol. The second-order valence-corrected chi connectivity index (χ2v) is 7.31. The highest BCUT2D eigenvalue weighted by molar-refractivity contribution is 7.21. The van der Waals surface area contributed by atoms with Crippen molar-refractivity contribution < 1.29 is 0 Å². The number of thiophene rings is 1. The summed E-state index contributed by atoms with van der Waals surface area (Å²) in [5, 5.41) is 3.51. The minimum atomic E-state index is 0.856. The molecule has 0 bridgehead atoms. The fraction of sp³-hybridized carbons (Fsp3) is 0.500. The highest BCUT2D eigenvalue weighted by atomic mass is 32.1. The molecule has 0 aliphatic carbocycles. The summed E-state index contributed by atoms with van der Waals surface area (Å²) in [5.41, 5.74) is 3.49. The van der Waals surface area contributed by atoms with Crippen LogP contribution in [0.25, 0.3) is 9.75 Å². The first-order valence-corrected chi connectivity index (χ1v) is 8.44. The lowest BCUT2D eigenvalue weighted by Crippen LogP contribution is -2.41. The molecule has 3 heterocycles. The number of aromatic nitrogens is 1. The van der Waals surface area contributed by atoms with Crippen molar-refractivity contribution in [2.45, 2.75) is 32.7 Å². The van der Waals surface area contributed by atoms with Crippen molar-refractivity contribution in [3.05, 3.63) is 28.2 Å². The molecule has 102 valence electrons. The van der Waals surface area contributed by atoms with Crippen LogP contribution in [0.15, 0.2) is 18.3 Å². The van der Waals surface area contributed by atoms with Gasteiger partial charge in [0.25, 0.3) is 0 Å². The lowest BCUT2D eigenvalue weighted by Gasteiger charge is -2.26. The van der Waals surface area contributed by atoms with Crippen molar-refractivity contribution in [1.29, 1.82) is 0 Å². The van der Waals surface area contributed by atoms with Crippen molar-refractivity contribution >= 4 is 22.7 Å². The van der Waals surface area contributed by atoms with Crippen LogP contribution in [0.4, 0.5) is 0 Å².